The minimum Gasteiger partial charge on any atom is -0.497 e. The molecule has 0 N–H and O–H groups in total. The molecule has 26 heavy (non-hydrogen) atoms. The summed E-state index contributed by atoms with van der Waals surface area (Å²) in [5, 5.41) is 0. The maximum absolute atomic E-state index is 12.7. The Bertz CT molecular complexity index is 950. The zero-order valence-corrected chi connectivity index (χ0v) is 15.4. The highest BCUT2D eigenvalue weighted by Crippen LogP contribution is 2.17. The van der Waals surface area contributed by atoms with Crippen molar-refractivity contribution < 1.29 is 17.9 Å². The first-order chi connectivity index (χ1) is 12.4. The third-order valence-electron chi connectivity index (χ3n) is 3.53. The van der Waals surface area contributed by atoms with E-state index >= 15 is 0 Å². The molecule has 0 unspecified atom stereocenters. The summed E-state index contributed by atoms with van der Waals surface area (Å²) < 4.78 is 31.2. The molecule has 0 heterocycles. The van der Waals surface area contributed by atoms with Crippen LogP contribution in [0.15, 0.2) is 66.1 Å². The number of methoxy groups -OCH3 is 1. The zero-order chi connectivity index (χ0) is 19.2. The van der Waals surface area contributed by atoms with Gasteiger partial charge in [-0.05, 0) is 43.3 Å². The lowest BCUT2D eigenvalue weighted by atomic mass is 10.2. The average Bonchev–Trinajstić information content (AvgIpc) is 2.64. The van der Waals surface area contributed by atoms with Crippen molar-refractivity contribution in [1.82, 2.24) is 4.31 Å². The van der Waals surface area contributed by atoms with E-state index < -0.39 is 15.9 Å². The number of sulfonamides is 1. The number of carbonyl (C=O) groups is 1. The minimum atomic E-state index is -4.00. The number of ether oxygens (including phenoxy) is 1. The lowest BCUT2D eigenvalue weighted by Crippen LogP contribution is -2.36. The standard InChI is InChI=1S/C20H19NO4S/c1-4-15-21(26(23,24)19-12-5-16(2)6-13-19)20(22)14-9-17-7-10-18(25-3)11-8-17/h4-8,10-13H,1,15H2,2-3H3. The molecule has 0 spiro atoms. The first-order valence-corrected chi connectivity index (χ1v) is 9.23. The summed E-state index contributed by atoms with van der Waals surface area (Å²) in [6, 6.07) is 13.1. The van der Waals surface area contributed by atoms with E-state index in [1.165, 1.54) is 18.2 Å². The van der Waals surface area contributed by atoms with Gasteiger partial charge in [-0.15, -0.1) is 6.58 Å². The van der Waals surface area contributed by atoms with Gasteiger partial charge in [-0.1, -0.05) is 29.7 Å². The quantitative estimate of drug-likeness (QED) is 0.601. The predicted octanol–water partition coefficient (Wildman–Crippen LogP) is 2.76. The molecule has 0 saturated heterocycles. The van der Waals surface area contributed by atoms with Crippen LogP contribution in [-0.2, 0) is 14.8 Å². The molecule has 0 aliphatic rings. The van der Waals surface area contributed by atoms with E-state index in [-0.39, 0.29) is 11.4 Å². The molecule has 0 aliphatic heterocycles. The average molecular weight is 369 g/mol. The smallest absolute Gasteiger partial charge is 0.312 e. The monoisotopic (exact) mass is 369 g/mol. The minimum absolute atomic E-state index is 0.0320. The van der Waals surface area contributed by atoms with Crippen LogP contribution in [0.5, 0.6) is 5.75 Å². The summed E-state index contributed by atoms with van der Waals surface area (Å²) in [6.07, 6.45) is 1.35. The number of rotatable bonds is 5. The van der Waals surface area contributed by atoms with Crippen molar-refractivity contribution >= 4 is 15.9 Å². The van der Waals surface area contributed by atoms with Gasteiger partial charge in [-0.2, -0.15) is 0 Å². The Morgan fingerprint density at radius 1 is 1.15 bits per heavy atom. The van der Waals surface area contributed by atoms with Gasteiger partial charge in [0.2, 0.25) is 0 Å². The van der Waals surface area contributed by atoms with Crippen molar-refractivity contribution in [2.45, 2.75) is 11.8 Å². The van der Waals surface area contributed by atoms with E-state index in [1.807, 2.05) is 6.92 Å². The van der Waals surface area contributed by atoms with Crippen LogP contribution in [-0.4, -0.2) is 32.3 Å². The predicted molar refractivity (Wildman–Crippen MR) is 100 cm³/mol. The van der Waals surface area contributed by atoms with Crippen molar-refractivity contribution in [3.63, 3.8) is 0 Å². The van der Waals surface area contributed by atoms with Gasteiger partial charge in [-0.3, -0.25) is 4.79 Å². The van der Waals surface area contributed by atoms with E-state index in [1.54, 1.807) is 43.5 Å². The van der Waals surface area contributed by atoms with Gasteiger partial charge in [0.05, 0.1) is 18.6 Å². The van der Waals surface area contributed by atoms with Crippen LogP contribution in [0.25, 0.3) is 0 Å². The van der Waals surface area contributed by atoms with Crippen LogP contribution in [0.3, 0.4) is 0 Å². The Hall–Kier alpha value is -3.04. The maximum atomic E-state index is 12.7. The van der Waals surface area contributed by atoms with Gasteiger partial charge in [0.25, 0.3) is 10.0 Å². The fraction of sp³-hybridized carbons (Fsp3) is 0.150. The van der Waals surface area contributed by atoms with E-state index in [9.17, 15) is 13.2 Å². The third-order valence-corrected chi connectivity index (χ3v) is 5.30. The molecule has 0 aromatic heterocycles. The Labute approximate surface area is 154 Å². The van der Waals surface area contributed by atoms with E-state index in [4.69, 9.17) is 4.74 Å². The number of carbonyl (C=O) groups excluding carboxylic acids is 1. The number of hydrogen-bond donors (Lipinski definition) is 0. The van der Waals surface area contributed by atoms with Gasteiger partial charge >= 0.3 is 5.91 Å². The second kappa shape index (κ2) is 8.37. The number of benzene rings is 2. The highest BCUT2D eigenvalue weighted by atomic mass is 32.2. The molecule has 134 valence electrons. The summed E-state index contributed by atoms with van der Waals surface area (Å²) in [5.74, 6) is 4.90. The summed E-state index contributed by atoms with van der Waals surface area (Å²) in [6.45, 7) is 5.21. The topological polar surface area (TPSA) is 63.7 Å². The van der Waals surface area contributed by atoms with Gasteiger partial charge in [-0.25, -0.2) is 12.7 Å². The van der Waals surface area contributed by atoms with E-state index in [0.29, 0.717) is 15.6 Å². The van der Waals surface area contributed by atoms with Gasteiger partial charge in [0.1, 0.15) is 5.75 Å². The molecule has 2 aromatic rings. The molecule has 0 saturated carbocycles. The third kappa shape index (κ3) is 4.52. The van der Waals surface area contributed by atoms with Crippen molar-refractivity contribution in [2.24, 2.45) is 0 Å². The first-order valence-electron chi connectivity index (χ1n) is 7.79. The lowest BCUT2D eigenvalue weighted by Gasteiger charge is -2.18. The molecule has 0 fully saturated rings. The molecule has 0 bridgehead atoms. The number of hydrogen-bond acceptors (Lipinski definition) is 4. The summed E-state index contributed by atoms with van der Waals surface area (Å²) in [5.41, 5.74) is 1.50. The fourth-order valence-corrected chi connectivity index (χ4v) is 3.41. The van der Waals surface area contributed by atoms with Gasteiger partial charge in [0.15, 0.2) is 0 Å². The highest BCUT2D eigenvalue weighted by molar-refractivity contribution is 7.89. The van der Waals surface area contributed by atoms with Crippen molar-refractivity contribution in [1.29, 1.82) is 0 Å². The van der Waals surface area contributed by atoms with Crippen LogP contribution in [0.2, 0.25) is 0 Å². The Morgan fingerprint density at radius 3 is 2.31 bits per heavy atom. The highest BCUT2D eigenvalue weighted by Gasteiger charge is 2.27. The number of amides is 1. The van der Waals surface area contributed by atoms with Crippen LogP contribution >= 0.6 is 0 Å². The Kier molecular flexibility index (Phi) is 6.21. The van der Waals surface area contributed by atoms with Crippen LogP contribution in [0, 0.1) is 18.8 Å². The Morgan fingerprint density at radius 2 is 1.77 bits per heavy atom. The van der Waals surface area contributed by atoms with Crippen molar-refractivity contribution in [2.75, 3.05) is 13.7 Å². The number of nitrogens with zero attached hydrogens (tertiary/aromatic N) is 1. The first kappa shape index (κ1) is 19.3. The van der Waals surface area contributed by atoms with E-state index in [0.717, 1.165) is 5.56 Å². The lowest BCUT2D eigenvalue weighted by molar-refractivity contribution is -0.120. The molecular formula is C20H19NO4S. The van der Waals surface area contributed by atoms with Crippen molar-refractivity contribution in [3.05, 3.63) is 72.3 Å². The second-order valence-corrected chi connectivity index (χ2v) is 7.28. The van der Waals surface area contributed by atoms with Gasteiger partial charge in [0, 0.05) is 11.5 Å². The van der Waals surface area contributed by atoms with Crippen LogP contribution in [0.4, 0.5) is 0 Å². The van der Waals surface area contributed by atoms with Gasteiger partial charge < -0.3 is 4.74 Å². The molecule has 5 nitrogen and oxygen atoms in total. The summed E-state index contributed by atoms with van der Waals surface area (Å²) in [7, 11) is -2.46. The maximum Gasteiger partial charge on any atom is 0.312 e. The van der Waals surface area contributed by atoms with E-state index in [2.05, 4.69) is 18.4 Å². The fourth-order valence-electron chi connectivity index (χ4n) is 2.11. The van der Waals surface area contributed by atoms with Crippen LogP contribution in [0.1, 0.15) is 11.1 Å². The second-order valence-electron chi connectivity index (χ2n) is 5.42. The molecule has 2 rings (SSSR count). The summed E-state index contributed by atoms with van der Waals surface area (Å²) >= 11 is 0. The van der Waals surface area contributed by atoms with Crippen molar-refractivity contribution in [3.8, 4) is 17.6 Å². The molecule has 1 amide bonds. The molecule has 0 aliphatic carbocycles. The molecule has 0 atom stereocenters. The zero-order valence-electron chi connectivity index (χ0n) is 14.6. The molecular weight excluding hydrogens is 350 g/mol. The summed E-state index contributed by atoms with van der Waals surface area (Å²) in [4.78, 5) is 12.4. The largest absolute Gasteiger partial charge is 0.497 e. The molecule has 6 heteroatoms. The molecule has 0 radical (unpaired) electrons. The Balaban J connectivity index is 2.31. The number of aryl methyl sites for hydroxylation is 1. The SMILES string of the molecule is C=CCN(C(=O)C#Cc1ccc(OC)cc1)S(=O)(=O)c1ccc(C)cc1. The molecule has 2 aromatic carbocycles. The normalized spacial score (nSPS) is 10.4. The van der Waals surface area contributed by atoms with Crippen LogP contribution < -0.4 is 4.74 Å².